The molecule has 3 atom stereocenters. The quantitative estimate of drug-likeness (QED) is 0.923. The number of benzene rings is 2. The van der Waals surface area contributed by atoms with Crippen LogP contribution in [0.3, 0.4) is 0 Å². The van der Waals surface area contributed by atoms with Crippen LogP contribution < -0.4 is 4.74 Å². The summed E-state index contributed by atoms with van der Waals surface area (Å²) in [5.41, 5.74) is 1.88. The minimum absolute atomic E-state index is 0.00503. The average molecular weight is 351 g/mol. The minimum atomic E-state index is -0.846. The van der Waals surface area contributed by atoms with E-state index in [2.05, 4.69) is 0 Å². The van der Waals surface area contributed by atoms with Crippen molar-refractivity contribution in [1.29, 1.82) is 0 Å². The first-order valence-corrected chi connectivity index (χ1v) is 8.93. The molecule has 2 aromatic carbocycles. The summed E-state index contributed by atoms with van der Waals surface area (Å²) in [6.07, 6.45) is 0.625. The Labute approximate surface area is 152 Å². The maximum atomic E-state index is 13.2. The Balaban J connectivity index is 1.59. The van der Waals surface area contributed by atoms with Crippen molar-refractivity contribution in [2.24, 2.45) is 5.92 Å². The number of carboxylic acids is 1. The van der Waals surface area contributed by atoms with Gasteiger partial charge in [0.1, 0.15) is 5.75 Å². The fourth-order valence-electron chi connectivity index (χ4n) is 4.09. The first-order valence-electron chi connectivity index (χ1n) is 8.93. The third-order valence-corrected chi connectivity index (χ3v) is 5.43. The monoisotopic (exact) mass is 351 g/mol. The molecule has 4 rings (SSSR count). The van der Waals surface area contributed by atoms with Gasteiger partial charge in [0.25, 0.3) is 0 Å². The molecular formula is C21H21NO4. The Morgan fingerprint density at radius 2 is 1.73 bits per heavy atom. The fraction of sp³-hybridized carbons (Fsp3) is 0.333. The number of hydrogen-bond donors (Lipinski definition) is 1. The van der Waals surface area contributed by atoms with Crippen LogP contribution in [0, 0.1) is 5.92 Å². The Hall–Kier alpha value is -2.82. The van der Waals surface area contributed by atoms with Gasteiger partial charge in [0, 0.05) is 24.6 Å². The number of fused-ring (bicyclic) bond motifs is 1. The molecule has 2 heterocycles. The molecule has 0 radical (unpaired) electrons. The first-order chi connectivity index (χ1) is 12.6. The number of carbonyl (C=O) groups excluding carboxylic acids is 1. The molecule has 1 saturated heterocycles. The van der Waals surface area contributed by atoms with Gasteiger partial charge in [-0.15, -0.1) is 0 Å². The fourth-order valence-corrected chi connectivity index (χ4v) is 4.09. The van der Waals surface area contributed by atoms with Crippen molar-refractivity contribution in [3.8, 4) is 5.75 Å². The van der Waals surface area contributed by atoms with E-state index < -0.39 is 11.9 Å². The van der Waals surface area contributed by atoms with Crippen LogP contribution in [0.4, 0.5) is 0 Å². The molecule has 0 spiro atoms. The van der Waals surface area contributed by atoms with Gasteiger partial charge in [0.15, 0.2) is 0 Å². The zero-order chi connectivity index (χ0) is 18.1. The van der Waals surface area contributed by atoms with E-state index in [9.17, 15) is 14.7 Å². The Bertz CT molecular complexity index is 820. The van der Waals surface area contributed by atoms with E-state index in [1.165, 1.54) is 0 Å². The van der Waals surface area contributed by atoms with Gasteiger partial charge in [-0.1, -0.05) is 48.5 Å². The third-order valence-electron chi connectivity index (χ3n) is 5.43. The summed E-state index contributed by atoms with van der Waals surface area (Å²) >= 11 is 0. The normalized spacial score (nSPS) is 24.6. The zero-order valence-corrected chi connectivity index (χ0v) is 14.4. The molecule has 2 aromatic rings. The number of ether oxygens (including phenoxy) is 1. The van der Waals surface area contributed by atoms with Crippen LogP contribution in [-0.4, -0.2) is 41.6 Å². The highest BCUT2D eigenvalue weighted by Crippen LogP contribution is 2.38. The van der Waals surface area contributed by atoms with Crippen LogP contribution in [0.5, 0.6) is 5.75 Å². The van der Waals surface area contributed by atoms with Crippen LogP contribution in [-0.2, 0) is 9.59 Å². The van der Waals surface area contributed by atoms with Crippen molar-refractivity contribution in [3.63, 3.8) is 0 Å². The summed E-state index contributed by atoms with van der Waals surface area (Å²) in [7, 11) is 0. The van der Waals surface area contributed by atoms with Crippen LogP contribution in [0.2, 0.25) is 0 Å². The van der Waals surface area contributed by atoms with Crippen molar-refractivity contribution >= 4 is 11.9 Å². The summed E-state index contributed by atoms with van der Waals surface area (Å²) in [5.74, 6) is -1.09. The van der Waals surface area contributed by atoms with Gasteiger partial charge in [0.05, 0.1) is 18.4 Å². The molecule has 2 aliphatic heterocycles. The average Bonchev–Trinajstić information content (AvgIpc) is 3.13. The third kappa shape index (κ3) is 2.94. The Morgan fingerprint density at radius 3 is 2.50 bits per heavy atom. The first kappa shape index (κ1) is 16.6. The van der Waals surface area contributed by atoms with E-state index in [1.807, 2.05) is 54.6 Å². The number of nitrogens with zero attached hydrogens (tertiary/aromatic N) is 1. The molecule has 0 aromatic heterocycles. The zero-order valence-electron chi connectivity index (χ0n) is 14.4. The Morgan fingerprint density at radius 1 is 1.00 bits per heavy atom. The highest BCUT2D eigenvalue weighted by Gasteiger charge is 2.42. The Kier molecular flexibility index (Phi) is 4.37. The number of aliphatic carboxylic acids is 1. The van der Waals surface area contributed by atoms with Gasteiger partial charge in [0.2, 0.25) is 5.91 Å². The molecule has 1 fully saturated rings. The van der Waals surface area contributed by atoms with E-state index in [0.29, 0.717) is 19.6 Å². The summed E-state index contributed by atoms with van der Waals surface area (Å²) in [6.45, 7) is 1.21. The van der Waals surface area contributed by atoms with E-state index in [4.69, 9.17) is 4.74 Å². The molecule has 0 saturated carbocycles. The second kappa shape index (κ2) is 6.83. The molecule has 0 aliphatic carbocycles. The number of para-hydroxylation sites is 1. The van der Waals surface area contributed by atoms with Crippen LogP contribution in [0.1, 0.15) is 29.4 Å². The number of carboxylic acid groups (broad SMARTS) is 1. The predicted molar refractivity (Wildman–Crippen MR) is 96.2 cm³/mol. The van der Waals surface area contributed by atoms with Gasteiger partial charge < -0.3 is 14.7 Å². The molecule has 1 amide bonds. The topological polar surface area (TPSA) is 66.8 Å². The summed E-state index contributed by atoms with van der Waals surface area (Å²) in [6, 6.07) is 17.2. The van der Waals surface area contributed by atoms with E-state index in [1.54, 1.807) is 4.90 Å². The number of rotatable bonds is 3. The molecule has 0 bridgehead atoms. The summed E-state index contributed by atoms with van der Waals surface area (Å²) in [5, 5.41) is 9.65. The second-order valence-corrected chi connectivity index (χ2v) is 6.93. The molecule has 5 nitrogen and oxygen atoms in total. The maximum absolute atomic E-state index is 13.2. The van der Waals surface area contributed by atoms with Crippen molar-refractivity contribution in [1.82, 2.24) is 4.90 Å². The van der Waals surface area contributed by atoms with Gasteiger partial charge in [-0.05, 0) is 18.1 Å². The number of amides is 1. The molecule has 26 heavy (non-hydrogen) atoms. The lowest BCUT2D eigenvalue weighted by molar-refractivity contribution is -0.142. The number of carbonyl (C=O) groups is 2. The minimum Gasteiger partial charge on any atom is -0.493 e. The van der Waals surface area contributed by atoms with Gasteiger partial charge in [-0.3, -0.25) is 9.59 Å². The SMILES string of the molecule is O=C(O)[C@@H]1CN(C(=O)C2CCOc3ccccc32)C[C@@H]1c1ccccc1. The van der Waals surface area contributed by atoms with Gasteiger partial charge >= 0.3 is 5.97 Å². The lowest BCUT2D eigenvalue weighted by atomic mass is 9.89. The van der Waals surface area contributed by atoms with Crippen molar-refractivity contribution in [2.75, 3.05) is 19.7 Å². The van der Waals surface area contributed by atoms with Gasteiger partial charge in [-0.2, -0.15) is 0 Å². The van der Waals surface area contributed by atoms with Gasteiger partial charge in [-0.25, -0.2) is 0 Å². The lowest BCUT2D eigenvalue weighted by Gasteiger charge is -2.28. The molecule has 2 aliphatic rings. The van der Waals surface area contributed by atoms with E-state index in [0.717, 1.165) is 16.9 Å². The lowest BCUT2D eigenvalue weighted by Crippen LogP contribution is -2.36. The molecular weight excluding hydrogens is 330 g/mol. The van der Waals surface area contributed by atoms with Crippen LogP contribution in [0.15, 0.2) is 54.6 Å². The summed E-state index contributed by atoms with van der Waals surface area (Å²) in [4.78, 5) is 26.7. The van der Waals surface area contributed by atoms with Crippen LogP contribution in [0.25, 0.3) is 0 Å². The van der Waals surface area contributed by atoms with Crippen molar-refractivity contribution < 1.29 is 19.4 Å². The standard InChI is InChI=1S/C21H21NO4/c23-20(16-10-11-26-19-9-5-4-8-15(16)19)22-12-17(18(13-22)21(24)25)14-6-2-1-3-7-14/h1-9,16-18H,10-13H2,(H,24,25)/t16?,17-,18-/m1/s1. The summed E-state index contributed by atoms with van der Waals surface area (Å²) < 4.78 is 5.65. The molecule has 134 valence electrons. The second-order valence-electron chi connectivity index (χ2n) is 6.93. The molecule has 5 heteroatoms. The number of hydrogen-bond acceptors (Lipinski definition) is 3. The molecule has 1 N–H and O–H groups in total. The van der Waals surface area contributed by atoms with E-state index >= 15 is 0 Å². The highest BCUT2D eigenvalue weighted by atomic mass is 16.5. The van der Waals surface area contributed by atoms with Crippen molar-refractivity contribution in [2.45, 2.75) is 18.3 Å². The van der Waals surface area contributed by atoms with Crippen molar-refractivity contribution in [3.05, 3.63) is 65.7 Å². The van der Waals surface area contributed by atoms with Crippen LogP contribution >= 0.6 is 0 Å². The maximum Gasteiger partial charge on any atom is 0.308 e. The number of likely N-dealkylation sites (tertiary alicyclic amines) is 1. The van der Waals surface area contributed by atoms with E-state index in [-0.39, 0.29) is 24.3 Å². The predicted octanol–water partition coefficient (Wildman–Crippen LogP) is 2.88. The smallest absolute Gasteiger partial charge is 0.308 e. The highest BCUT2D eigenvalue weighted by molar-refractivity contribution is 5.86. The largest absolute Gasteiger partial charge is 0.493 e. The molecule has 1 unspecified atom stereocenters.